The van der Waals surface area contributed by atoms with E-state index in [0.717, 1.165) is 12.3 Å². The Kier molecular flexibility index (Phi) is 10.5. The molecule has 1 aliphatic heterocycles. The fraction of sp³-hybridized carbons (Fsp3) is 0.474. The number of ether oxygens (including phenoxy) is 2. The number of nitrogens with zero attached hydrogens (tertiary/aromatic N) is 2. The van der Waals surface area contributed by atoms with Crippen LogP contribution in [0.3, 0.4) is 0 Å². The summed E-state index contributed by atoms with van der Waals surface area (Å²) in [6, 6.07) is 5.37. The molecule has 9 nitrogen and oxygen atoms in total. The molecule has 30 heavy (non-hydrogen) atoms. The van der Waals surface area contributed by atoms with Crippen molar-refractivity contribution in [2.45, 2.75) is 19.9 Å². The smallest absolute Gasteiger partial charge is 0.408 e. The molecule has 0 aromatic heterocycles. The van der Waals surface area contributed by atoms with Gasteiger partial charge in [0.05, 0.1) is 13.7 Å². The van der Waals surface area contributed by atoms with Crippen LogP contribution >= 0.6 is 24.2 Å². The second-order valence-corrected chi connectivity index (χ2v) is 7.84. The van der Waals surface area contributed by atoms with Crippen LogP contribution in [-0.4, -0.2) is 60.9 Å². The number of amides is 2. The molecule has 1 saturated heterocycles. The van der Waals surface area contributed by atoms with Crippen LogP contribution in [0.25, 0.3) is 0 Å². The predicted octanol–water partition coefficient (Wildman–Crippen LogP) is 2.18. The highest BCUT2D eigenvalue weighted by atomic mass is 35.5. The summed E-state index contributed by atoms with van der Waals surface area (Å²) in [6.07, 6.45) is -0.798. The van der Waals surface area contributed by atoms with Gasteiger partial charge >= 0.3 is 12.0 Å². The van der Waals surface area contributed by atoms with Gasteiger partial charge in [0.25, 0.3) is 0 Å². The topological polar surface area (TPSA) is 109 Å². The minimum atomic E-state index is -1.28. The third-order valence-electron chi connectivity index (χ3n) is 3.98. The summed E-state index contributed by atoms with van der Waals surface area (Å²) in [5, 5.41) is 7.07. The Balaban J connectivity index is 0.00000450. The molecule has 0 aliphatic carbocycles. The lowest BCUT2D eigenvalue weighted by atomic mass is 10.0. The van der Waals surface area contributed by atoms with Gasteiger partial charge in [-0.25, -0.2) is 10.2 Å². The number of thioether (sulfide) groups is 1. The SMILES string of the molecule is COc1ccccc1C(NC(=O)OCC(C)C)C(=O)C(=O)N/N=C1\SCCN1C.Cl. The van der Waals surface area contributed by atoms with Crippen LogP contribution in [0, 0.1) is 5.92 Å². The number of rotatable bonds is 8. The molecule has 0 saturated carbocycles. The molecule has 1 heterocycles. The Morgan fingerprint density at radius 1 is 1.27 bits per heavy atom. The van der Waals surface area contributed by atoms with Crippen LogP contribution < -0.4 is 15.5 Å². The number of para-hydroxylation sites is 1. The Morgan fingerprint density at radius 3 is 2.57 bits per heavy atom. The number of alkyl carbamates (subject to hydrolysis) is 1. The summed E-state index contributed by atoms with van der Waals surface area (Å²) >= 11 is 1.48. The molecule has 1 unspecified atom stereocenters. The molecule has 0 bridgehead atoms. The highest BCUT2D eigenvalue weighted by Gasteiger charge is 2.31. The van der Waals surface area contributed by atoms with Gasteiger partial charge in [0.2, 0.25) is 5.78 Å². The average Bonchev–Trinajstić information content (AvgIpc) is 3.12. The Morgan fingerprint density at radius 2 is 1.97 bits per heavy atom. The van der Waals surface area contributed by atoms with E-state index >= 15 is 0 Å². The van der Waals surface area contributed by atoms with Gasteiger partial charge in [-0.1, -0.05) is 43.8 Å². The van der Waals surface area contributed by atoms with Gasteiger partial charge in [-0.2, -0.15) is 0 Å². The van der Waals surface area contributed by atoms with Crippen molar-refractivity contribution in [2.75, 3.05) is 33.1 Å². The van der Waals surface area contributed by atoms with Gasteiger partial charge in [-0.3, -0.25) is 9.59 Å². The lowest BCUT2D eigenvalue weighted by molar-refractivity contribution is -0.139. The van der Waals surface area contributed by atoms with E-state index in [4.69, 9.17) is 9.47 Å². The van der Waals surface area contributed by atoms with Gasteiger partial charge in [0, 0.05) is 24.9 Å². The van der Waals surface area contributed by atoms with Crippen molar-refractivity contribution in [3.63, 3.8) is 0 Å². The number of carbonyl (C=O) groups excluding carboxylic acids is 3. The Bertz CT molecular complexity index is 790. The fourth-order valence-corrected chi connectivity index (χ4v) is 3.44. The molecule has 166 valence electrons. The maximum atomic E-state index is 12.8. The maximum Gasteiger partial charge on any atom is 0.408 e. The summed E-state index contributed by atoms with van der Waals surface area (Å²) in [4.78, 5) is 39.3. The van der Waals surface area contributed by atoms with E-state index in [1.54, 1.807) is 24.3 Å². The second kappa shape index (κ2) is 12.3. The number of nitrogens with one attached hydrogen (secondary N) is 2. The van der Waals surface area contributed by atoms with E-state index in [1.807, 2.05) is 25.8 Å². The van der Waals surface area contributed by atoms with Crippen LogP contribution in [0.2, 0.25) is 0 Å². The standard InChI is InChI=1S/C19H26N4O5S.ClH/c1-12(2)11-28-19(26)20-15(13-7-5-6-8-14(13)27-4)16(24)17(25)21-22-18-23(3)9-10-29-18;/h5-8,12,15H,9-11H2,1-4H3,(H,20,26)(H,21,25);1H/b22-18-;. The zero-order valence-electron chi connectivity index (χ0n) is 17.3. The molecule has 11 heteroatoms. The molecule has 1 aliphatic rings. The number of methoxy groups -OCH3 is 1. The van der Waals surface area contributed by atoms with Crippen LogP contribution in [0.4, 0.5) is 4.79 Å². The molecular formula is C19H27ClN4O5S. The summed E-state index contributed by atoms with van der Waals surface area (Å²) in [5.74, 6) is -0.488. The third kappa shape index (κ3) is 7.10. The van der Waals surface area contributed by atoms with Gasteiger partial charge in [-0.05, 0) is 12.0 Å². The quantitative estimate of drug-likeness (QED) is 0.453. The molecule has 1 atom stereocenters. The molecule has 1 aromatic rings. The monoisotopic (exact) mass is 458 g/mol. The van der Waals surface area contributed by atoms with Crippen LogP contribution in [0.5, 0.6) is 5.75 Å². The van der Waals surface area contributed by atoms with Crippen molar-refractivity contribution in [3.8, 4) is 5.75 Å². The molecule has 1 fully saturated rings. The lowest BCUT2D eigenvalue weighted by Crippen LogP contribution is -2.41. The van der Waals surface area contributed by atoms with Gasteiger partial charge in [0.1, 0.15) is 11.8 Å². The first kappa shape index (κ1) is 25.6. The first-order valence-electron chi connectivity index (χ1n) is 9.15. The maximum absolute atomic E-state index is 12.8. The van der Waals surface area contributed by atoms with Crippen molar-refractivity contribution in [3.05, 3.63) is 29.8 Å². The van der Waals surface area contributed by atoms with E-state index in [0.29, 0.717) is 16.5 Å². The number of carbonyl (C=O) groups is 3. The van der Waals surface area contributed by atoms with Crippen molar-refractivity contribution in [1.29, 1.82) is 0 Å². The Hall–Kier alpha value is -2.46. The molecule has 2 N–H and O–H groups in total. The molecule has 2 amide bonds. The third-order valence-corrected chi connectivity index (χ3v) is 5.03. The summed E-state index contributed by atoms with van der Waals surface area (Å²) in [6.45, 7) is 4.77. The molecular weight excluding hydrogens is 432 g/mol. The van der Waals surface area contributed by atoms with Crippen molar-refractivity contribution in [2.24, 2.45) is 11.0 Å². The zero-order valence-corrected chi connectivity index (χ0v) is 19.0. The van der Waals surface area contributed by atoms with E-state index in [-0.39, 0.29) is 24.9 Å². The van der Waals surface area contributed by atoms with E-state index < -0.39 is 23.8 Å². The first-order chi connectivity index (χ1) is 13.8. The van der Waals surface area contributed by atoms with Gasteiger partial charge < -0.3 is 19.7 Å². The highest BCUT2D eigenvalue weighted by Crippen LogP contribution is 2.26. The average molecular weight is 459 g/mol. The minimum absolute atomic E-state index is 0. The number of Topliss-reactive ketones (excluding diaryl/α,β-unsaturated/α-hetero) is 1. The number of hydrogen-bond donors (Lipinski definition) is 2. The summed E-state index contributed by atoms with van der Waals surface area (Å²) in [7, 11) is 3.29. The number of benzene rings is 1. The van der Waals surface area contributed by atoms with Crippen molar-refractivity contribution in [1.82, 2.24) is 15.6 Å². The number of hydrogen-bond acceptors (Lipinski definition) is 7. The minimum Gasteiger partial charge on any atom is -0.496 e. The molecule has 0 radical (unpaired) electrons. The fourth-order valence-electron chi connectivity index (χ4n) is 2.47. The van der Waals surface area contributed by atoms with Crippen LogP contribution in [0.1, 0.15) is 25.5 Å². The first-order valence-corrected chi connectivity index (χ1v) is 10.1. The predicted molar refractivity (Wildman–Crippen MR) is 118 cm³/mol. The van der Waals surface area contributed by atoms with Crippen LogP contribution in [0.15, 0.2) is 29.4 Å². The lowest BCUT2D eigenvalue weighted by Gasteiger charge is -2.20. The van der Waals surface area contributed by atoms with Gasteiger partial charge in [-0.15, -0.1) is 17.5 Å². The van der Waals surface area contributed by atoms with E-state index in [2.05, 4.69) is 15.8 Å². The zero-order chi connectivity index (χ0) is 21.4. The van der Waals surface area contributed by atoms with Crippen molar-refractivity contribution < 1.29 is 23.9 Å². The van der Waals surface area contributed by atoms with Gasteiger partial charge in [0.15, 0.2) is 5.17 Å². The van der Waals surface area contributed by atoms with E-state index in [9.17, 15) is 14.4 Å². The molecule has 1 aromatic carbocycles. The summed E-state index contributed by atoms with van der Waals surface area (Å²) in [5.41, 5.74) is 2.61. The molecule has 2 rings (SSSR count). The van der Waals surface area contributed by atoms with Crippen molar-refractivity contribution >= 4 is 47.1 Å². The number of hydrazone groups is 1. The number of ketones is 1. The largest absolute Gasteiger partial charge is 0.496 e. The highest BCUT2D eigenvalue weighted by molar-refractivity contribution is 8.14. The summed E-state index contributed by atoms with van der Waals surface area (Å²) < 4.78 is 10.4. The Labute approximate surface area is 186 Å². The van der Waals surface area contributed by atoms with E-state index in [1.165, 1.54) is 18.9 Å². The van der Waals surface area contributed by atoms with Crippen LogP contribution in [-0.2, 0) is 14.3 Å². The normalized spacial score (nSPS) is 15.4. The molecule has 0 spiro atoms. The second-order valence-electron chi connectivity index (χ2n) is 6.78. The number of halogens is 1. The number of amidine groups is 1.